The SMILES string of the molecule is CC[C@@H](C(=O)NC1CCCCC1)N(Cc1ccc(F)cc1)C(=O)CN(c1cccc(OC)c1)S(C)(=O)=O. The summed E-state index contributed by atoms with van der Waals surface area (Å²) in [5.74, 6) is -0.773. The molecule has 3 rings (SSSR count). The molecule has 37 heavy (non-hydrogen) atoms. The number of halogens is 1. The van der Waals surface area contributed by atoms with Crippen molar-refractivity contribution in [3.05, 3.63) is 59.9 Å². The number of benzene rings is 2. The maximum Gasteiger partial charge on any atom is 0.244 e. The number of anilines is 1. The summed E-state index contributed by atoms with van der Waals surface area (Å²) in [6, 6.07) is 11.4. The molecule has 8 nitrogen and oxygen atoms in total. The Morgan fingerprint density at radius 1 is 1.11 bits per heavy atom. The molecule has 1 fully saturated rings. The van der Waals surface area contributed by atoms with E-state index in [0.29, 0.717) is 17.7 Å². The van der Waals surface area contributed by atoms with Crippen molar-refractivity contribution in [3.63, 3.8) is 0 Å². The number of hydrogen-bond acceptors (Lipinski definition) is 5. The van der Waals surface area contributed by atoms with Crippen LogP contribution in [0.15, 0.2) is 48.5 Å². The molecule has 1 N–H and O–H groups in total. The zero-order valence-corrected chi connectivity index (χ0v) is 22.5. The zero-order chi connectivity index (χ0) is 27.0. The van der Waals surface area contributed by atoms with E-state index in [2.05, 4.69) is 5.32 Å². The van der Waals surface area contributed by atoms with Gasteiger partial charge in [-0.15, -0.1) is 0 Å². The summed E-state index contributed by atoms with van der Waals surface area (Å²) in [5, 5.41) is 3.09. The molecule has 0 aliphatic heterocycles. The fourth-order valence-electron chi connectivity index (χ4n) is 4.63. The van der Waals surface area contributed by atoms with Crippen molar-refractivity contribution in [3.8, 4) is 5.75 Å². The van der Waals surface area contributed by atoms with E-state index < -0.39 is 34.3 Å². The highest BCUT2D eigenvalue weighted by Crippen LogP contribution is 2.24. The maximum absolute atomic E-state index is 13.7. The Labute approximate surface area is 218 Å². The number of carbonyl (C=O) groups excluding carboxylic acids is 2. The van der Waals surface area contributed by atoms with Crippen LogP contribution in [-0.4, -0.2) is 57.1 Å². The minimum Gasteiger partial charge on any atom is -0.497 e. The monoisotopic (exact) mass is 533 g/mol. The molecule has 2 aromatic carbocycles. The lowest BCUT2D eigenvalue weighted by Gasteiger charge is -2.34. The van der Waals surface area contributed by atoms with Crippen LogP contribution >= 0.6 is 0 Å². The third-order valence-electron chi connectivity index (χ3n) is 6.62. The molecule has 1 atom stereocenters. The minimum absolute atomic E-state index is 0.0332. The summed E-state index contributed by atoms with van der Waals surface area (Å²) < 4.78 is 45.2. The van der Waals surface area contributed by atoms with Gasteiger partial charge in [-0.05, 0) is 49.1 Å². The van der Waals surface area contributed by atoms with Gasteiger partial charge in [0.25, 0.3) is 0 Å². The second-order valence-electron chi connectivity index (χ2n) is 9.39. The van der Waals surface area contributed by atoms with Crippen molar-refractivity contribution < 1.29 is 27.1 Å². The van der Waals surface area contributed by atoms with Crippen LogP contribution in [-0.2, 0) is 26.2 Å². The summed E-state index contributed by atoms with van der Waals surface area (Å²) in [6.07, 6.45) is 6.39. The van der Waals surface area contributed by atoms with Crippen LogP contribution in [0.3, 0.4) is 0 Å². The molecule has 0 heterocycles. The second-order valence-corrected chi connectivity index (χ2v) is 11.3. The second kappa shape index (κ2) is 12.9. The van der Waals surface area contributed by atoms with Gasteiger partial charge in [0, 0.05) is 18.7 Å². The number of nitrogens with zero attached hydrogens (tertiary/aromatic N) is 2. The average molecular weight is 534 g/mol. The lowest BCUT2D eigenvalue weighted by molar-refractivity contribution is -0.140. The number of rotatable bonds is 11. The number of sulfonamides is 1. The summed E-state index contributed by atoms with van der Waals surface area (Å²) in [4.78, 5) is 28.5. The Morgan fingerprint density at radius 3 is 2.38 bits per heavy atom. The van der Waals surface area contributed by atoms with Gasteiger partial charge in [0.05, 0.1) is 19.1 Å². The van der Waals surface area contributed by atoms with Crippen molar-refractivity contribution in [1.29, 1.82) is 0 Å². The Balaban J connectivity index is 1.91. The van der Waals surface area contributed by atoms with Gasteiger partial charge in [-0.3, -0.25) is 13.9 Å². The van der Waals surface area contributed by atoms with E-state index >= 15 is 0 Å². The van der Waals surface area contributed by atoms with E-state index in [1.165, 1.54) is 30.2 Å². The van der Waals surface area contributed by atoms with Crippen LogP contribution in [0.4, 0.5) is 10.1 Å². The highest BCUT2D eigenvalue weighted by Gasteiger charge is 2.33. The average Bonchev–Trinajstić information content (AvgIpc) is 2.88. The summed E-state index contributed by atoms with van der Waals surface area (Å²) in [7, 11) is -2.38. The molecular weight excluding hydrogens is 497 g/mol. The highest BCUT2D eigenvalue weighted by molar-refractivity contribution is 7.92. The fourth-order valence-corrected chi connectivity index (χ4v) is 5.47. The van der Waals surface area contributed by atoms with Crippen LogP contribution in [0.2, 0.25) is 0 Å². The molecule has 2 amide bonds. The Morgan fingerprint density at radius 2 is 1.78 bits per heavy atom. The first-order chi connectivity index (χ1) is 17.6. The lowest BCUT2D eigenvalue weighted by atomic mass is 9.95. The lowest BCUT2D eigenvalue weighted by Crippen LogP contribution is -2.53. The van der Waals surface area contributed by atoms with Crippen LogP contribution in [0.1, 0.15) is 51.0 Å². The third-order valence-corrected chi connectivity index (χ3v) is 7.76. The molecule has 0 radical (unpaired) electrons. The van der Waals surface area contributed by atoms with Crippen molar-refractivity contribution in [2.45, 2.75) is 64.1 Å². The number of amides is 2. The molecule has 1 aliphatic rings. The number of carbonyl (C=O) groups is 2. The first-order valence-electron chi connectivity index (χ1n) is 12.6. The van der Waals surface area contributed by atoms with Gasteiger partial charge in [-0.1, -0.05) is 44.4 Å². The molecule has 10 heteroatoms. The van der Waals surface area contributed by atoms with Gasteiger partial charge in [0.1, 0.15) is 24.2 Å². The summed E-state index contributed by atoms with van der Waals surface area (Å²) >= 11 is 0. The maximum atomic E-state index is 13.7. The van der Waals surface area contributed by atoms with E-state index in [9.17, 15) is 22.4 Å². The molecule has 2 aromatic rings. The van der Waals surface area contributed by atoms with Crippen molar-refractivity contribution in [2.75, 3.05) is 24.2 Å². The van der Waals surface area contributed by atoms with Gasteiger partial charge in [0.15, 0.2) is 0 Å². The Hall–Kier alpha value is -3.14. The fraction of sp³-hybridized carbons (Fsp3) is 0.481. The Kier molecular flexibility index (Phi) is 9.91. The zero-order valence-electron chi connectivity index (χ0n) is 21.7. The first kappa shape index (κ1) is 28.4. The van der Waals surface area contributed by atoms with Crippen molar-refractivity contribution in [1.82, 2.24) is 10.2 Å². The molecule has 0 bridgehead atoms. The van der Waals surface area contributed by atoms with Gasteiger partial charge in [-0.2, -0.15) is 0 Å². The van der Waals surface area contributed by atoms with Crippen LogP contribution in [0, 0.1) is 5.82 Å². The predicted molar refractivity (Wildman–Crippen MR) is 141 cm³/mol. The quantitative estimate of drug-likeness (QED) is 0.473. The normalized spacial score (nSPS) is 15.0. The van der Waals surface area contributed by atoms with E-state index in [4.69, 9.17) is 4.74 Å². The van der Waals surface area contributed by atoms with Gasteiger partial charge >= 0.3 is 0 Å². The topological polar surface area (TPSA) is 96.0 Å². The van der Waals surface area contributed by atoms with Gasteiger partial charge in [-0.25, -0.2) is 12.8 Å². The smallest absolute Gasteiger partial charge is 0.244 e. The first-order valence-corrected chi connectivity index (χ1v) is 14.4. The van der Waals surface area contributed by atoms with E-state index in [1.807, 2.05) is 6.92 Å². The highest BCUT2D eigenvalue weighted by atomic mass is 32.2. The number of ether oxygens (including phenoxy) is 1. The number of nitrogens with one attached hydrogen (secondary N) is 1. The number of methoxy groups -OCH3 is 1. The minimum atomic E-state index is -3.85. The van der Waals surface area contributed by atoms with E-state index in [0.717, 1.165) is 42.7 Å². The molecule has 0 unspecified atom stereocenters. The molecule has 202 valence electrons. The predicted octanol–water partition coefficient (Wildman–Crippen LogP) is 3.86. The third kappa shape index (κ3) is 7.92. The molecule has 0 spiro atoms. The molecular formula is C27H36FN3O5S. The van der Waals surface area contributed by atoms with Crippen LogP contribution in [0.5, 0.6) is 5.75 Å². The van der Waals surface area contributed by atoms with Crippen LogP contribution < -0.4 is 14.4 Å². The largest absolute Gasteiger partial charge is 0.497 e. The molecule has 1 saturated carbocycles. The van der Waals surface area contributed by atoms with Gasteiger partial charge < -0.3 is 15.0 Å². The van der Waals surface area contributed by atoms with Crippen LogP contribution in [0.25, 0.3) is 0 Å². The van der Waals surface area contributed by atoms with Crippen molar-refractivity contribution >= 4 is 27.5 Å². The van der Waals surface area contributed by atoms with E-state index in [-0.39, 0.29) is 24.2 Å². The number of hydrogen-bond donors (Lipinski definition) is 1. The molecule has 1 aliphatic carbocycles. The molecule has 0 aromatic heterocycles. The summed E-state index contributed by atoms with van der Waals surface area (Å²) in [6.45, 7) is 1.35. The van der Waals surface area contributed by atoms with Crippen molar-refractivity contribution in [2.24, 2.45) is 0 Å². The standard InChI is InChI=1S/C27H36FN3O5S/c1-4-25(27(33)29-22-9-6-5-7-10-22)30(18-20-13-15-21(28)16-14-20)26(32)19-31(37(3,34)35)23-11-8-12-24(17-23)36-2/h8,11-17,22,25H,4-7,9-10,18-19H2,1-3H3,(H,29,33)/t25-/m0/s1. The summed E-state index contributed by atoms with van der Waals surface area (Å²) in [5.41, 5.74) is 0.905. The van der Waals surface area contributed by atoms with E-state index in [1.54, 1.807) is 30.3 Å². The Bertz CT molecular complexity index is 1170. The molecule has 0 saturated heterocycles. The van der Waals surface area contributed by atoms with Gasteiger partial charge in [0.2, 0.25) is 21.8 Å².